The van der Waals surface area contributed by atoms with Gasteiger partial charge in [0.05, 0.1) is 24.3 Å². The molecule has 0 amide bonds. The summed E-state index contributed by atoms with van der Waals surface area (Å²) >= 11 is 0. The number of aromatic nitrogens is 1. The number of methoxy groups -OCH3 is 1. The molecule has 0 aliphatic rings. The van der Waals surface area contributed by atoms with E-state index >= 15 is 0 Å². The fourth-order valence-electron chi connectivity index (χ4n) is 2.14. The maximum atomic E-state index is 10.9. The van der Waals surface area contributed by atoms with Crippen molar-refractivity contribution in [1.82, 2.24) is 4.98 Å². The Labute approximate surface area is 137 Å². The number of hydrogen-bond acceptors (Lipinski definition) is 6. The van der Waals surface area contributed by atoms with Gasteiger partial charge in [0.25, 0.3) is 5.69 Å². The van der Waals surface area contributed by atoms with E-state index in [1.807, 2.05) is 30.3 Å². The minimum Gasteiger partial charge on any atom is -0.493 e. The molecule has 0 saturated carbocycles. The highest BCUT2D eigenvalue weighted by molar-refractivity contribution is 5.55. The van der Waals surface area contributed by atoms with Gasteiger partial charge in [-0.3, -0.25) is 10.1 Å². The fraction of sp³-hybridized carbons (Fsp3) is 0.118. The third-order valence-electron chi connectivity index (χ3n) is 3.32. The van der Waals surface area contributed by atoms with E-state index in [0.29, 0.717) is 17.4 Å². The molecule has 0 atom stereocenters. The molecule has 0 radical (unpaired) electrons. The Kier molecular flexibility index (Phi) is 4.42. The van der Waals surface area contributed by atoms with Crippen LogP contribution < -0.4 is 9.47 Å². The quantitative estimate of drug-likeness (QED) is 0.505. The Morgan fingerprint density at radius 1 is 1.17 bits per heavy atom. The van der Waals surface area contributed by atoms with Crippen LogP contribution in [-0.2, 0) is 6.61 Å². The van der Waals surface area contributed by atoms with E-state index in [1.54, 1.807) is 6.20 Å². The third kappa shape index (κ3) is 3.35. The van der Waals surface area contributed by atoms with Crippen LogP contribution in [0.25, 0.3) is 11.3 Å². The van der Waals surface area contributed by atoms with Crippen LogP contribution in [0.3, 0.4) is 0 Å². The van der Waals surface area contributed by atoms with Crippen molar-refractivity contribution >= 4 is 5.69 Å². The monoisotopic (exact) mass is 326 g/mol. The lowest BCUT2D eigenvalue weighted by Gasteiger charge is -2.08. The normalized spacial score (nSPS) is 10.4. The molecule has 1 aromatic heterocycles. The largest absolute Gasteiger partial charge is 0.493 e. The summed E-state index contributed by atoms with van der Waals surface area (Å²) in [6.45, 7) is 0.0321. The lowest BCUT2D eigenvalue weighted by atomic mass is 10.2. The number of benzene rings is 2. The standard InChI is InChI=1S/C17H14N2O5/c1-22-14-8-7-13(19(20)21)9-15(14)23-11-17-18-10-16(24-17)12-5-3-2-4-6-12/h2-10H,11H2,1H3. The van der Waals surface area contributed by atoms with E-state index in [4.69, 9.17) is 13.9 Å². The van der Waals surface area contributed by atoms with Crippen LogP contribution in [0.4, 0.5) is 5.69 Å². The molecule has 0 bridgehead atoms. The Morgan fingerprint density at radius 3 is 2.67 bits per heavy atom. The molecule has 7 heteroatoms. The first kappa shape index (κ1) is 15.5. The second-order valence-electron chi connectivity index (χ2n) is 4.87. The minimum absolute atomic E-state index is 0.0321. The third-order valence-corrected chi connectivity index (χ3v) is 3.32. The van der Waals surface area contributed by atoms with E-state index < -0.39 is 4.92 Å². The molecule has 122 valence electrons. The van der Waals surface area contributed by atoms with Crippen molar-refractivity contribution in [2.45, 2.75) is 6.61 Å². The number of nitro benzene ring substituents is 1. The molecular formula is C17H14N2O5. The van der Waals surface area contributed by atoms with E-state index in [2.05, 4.69) is 4.98 Å². The average molecular weight is 326 g/mol. The lowest BCUT2D eigenvalue weighted by Crippen LogP contribution is -1.99. The Bertz CT molecular complexity index is 845. The molecular weight excluding hydrogens is 312 g/mol. The summed E-state index contributed by atoms with van der Waals surface area (Å²) in [7, 11) is 1.46. The summed E-state index contributed by atoms with van der Waals surface area (Å²) in [5.41, 5.74) is 0.826. The molecule has 3 aromatic rings. The van der Waals surface area contributed by atoms with Crippen LogP contribution in [0, 0.1) is 10.1 Å². The van der Waals surface area contributed by atoms with Crippen molar-refractivity contribution in [2.24, 2.45) is 0 Å². The summed E-state index contributed by atoms with van der Waals surface area (Å²) in [4.78, 5) is 14.5. The van der Waals surface area contributed by atoms with Gasteiger partial charge in [0.2, 0.25) is 5.89 Å². The van der Waals surface area contributed by atoms with Crippen molar-refractivity contribution in [3.05, 3.63) is 70.7 Å². The molecule has 1 heterocycles. The van der Waals surface area contributed by atoms with Crippen LogP contribution in [-0.4, -0.2) is 17.0 Å². The van der Waals surface area contributed by atoms with Crippen LogP contribution in [0.1, 0.15) is 5.89 Å². The molecule has 7 nitrogen and oxygen atoms in total. The number of nitro groups is 1. The van der Waals surface area contributed by atoms with Crippen LogP contribution in [0.2, 0.25) is 0 Å². The number of ether oxygens (including phenoxy) is 2. The highest BCUT2D eigenvalue weighted by Crippen LogP contribution is 2.32. The first-order chi connectivity index (χ1) is 11.7. The second kappa shape index (κ2) is 6.82. The minimum atomic E-state index is -0.495. The number of rotatable bonds is 6. The van der Waals surface area contributed by atoms with E-state index in [0.717, 1.165) is 5.56 Å². The summed E-state index contributed by atoms with van der Waals surface area (Å²) in [6.07, 6.45) is 1.61. The van der Waals surface area contributed by atoms with Gasteiger partial charge in [0.15, 0.2) is 23.9 Å². The van der Waals surface area contributed by atoms with Crippen LogP contribution in [0.15, 0.2) is 59.1 Å². The van der Waals surface area contributed by atoms with Gasteiger partial charge >= 0.3 is 0 Å². The predicted octanol–water partition coefficient (Wildman–Crippen LogP) is 3.84. The summed E-state index contributed by atoms with van der Waals surface area (Å²) in [5, 5.41) is 10.9. The second-order valence-corrected chi connectivity index (χ2v) is 4.87. The molecule has 24 heavy (non-hydrogen) atoms. The number of oxazole rings is 1. The number of non-ortho nitro benzene ring substituents is 1. The Hall–Kier alpha value is -3.35. The number of hydrogen-bond donors (Lipinski definition) is 0. The molecule has 0 aliphatic heterocycles. The highest BCUT2D eigenvalue weighted by Gasteiger charge is 2.14. The maximum absolute atomic E-state index is 10.9. The smallest absolute Gasteiger partial charge is 0.273 e. The zero-order valence-electron chi connectivity index (χ0n) is 12.8. The van der Waals surface area contributed by atoms with E-state index in [1.165, 1.54) is 25.3 Å². The molecule has 0 spiro atoms. The molecule has 0 N–H and O–H groups in total. The lowest BCUT2D eigenvalue weighted by molar-refractivity contribution is -0.385. The molecule has 0 fully saturated rings. The van der Waals surface area contributed by atoms with Gasteiger partial charge in [-0.25, -0.2) is 4.98 Å². The van der Waals surface area contributed by atoms with Crippen molar-refractivity contribution in [1.29, 1.82) is 0 Å². The predicted molar refractivity (Wildman–Crippen MR) is 85.9 cm³/mol. The molecule has 0 unspecified atom stereocenters. The average Bonchev–Trinajstić information content (AvgIpc) is 3.09. The van der Waals surface area contributed by atoms with Gasteiger partial charge in [-0.2, -0.15) is 0 Å². The van der Waals surface area contributed by atoms with Gasteiger partial charge in [-0.15, -0.1) is 0 Å². The zero-order chi connectivity index (χ0) is 16.9. The van der Waals surface area contributed by atoms with E-state index in [-0.39, 0.29) is 18.0 Å². The molecule has 0 saturated heterocycles. The molecule has 0 aliphatic carbocycles. The van der Waals surface area contributed by atoms with Crippen molar-refractivity contribution in [3.8, 4) is 22.8 Å². The molecule has 2 aromatic carbocycles. The SMILES string of the molecule is COc1ccc([N+](=O)[O-])cc1OCc1ncc(-c2ccccc2)o1. The first-order valence-corrected chi connectivity index (χ1v) is 7.12. The van der Waals surface area contributed by atoms with E-state index in [9.17, 15) is 10.1 Å². The Balaban J connectivity index is 1.75. The summed E-state index contributed by atoms with van der Waals surface area (Å²) in [5.74, 6) is 1.64. The van der Waals surface area contributed by atoms with Gasteiger partial charge < -0.3 is 13.9 Å². The van der Waals surface area contributed by atoms with Gasteiger partial charge in [-0.1, -0.05) is 30.3 Å². The maximum Gasteiger partial charge on any atom is 0.273 e. The van der Waals surface area contributed by atoms with Crippen molar-refractivity contribution in [3.63, 3.8) is 0 Å². The Morgan fingerprint density at radius 2 is 1.96 bits per heavy atom. The topological polar surface area (TPSA) is 87.6 Å². The van der Waals surface area contributed by atoms with Gasteiger partial charge in [-0.05, 0) is 6.07 Å². The first-order valence-electron chi connectivity index (χ1n) is 7.12. The number of nitrogens with zero attached hydrogens (tertiary/aromatic N) is 2. The molecule has 3 rings (SSSR count). The summed E-state index contributed by atoms with van der Waals surface area (Å²) in [6, 6.07) is 13.7. The van der Waals surface area contributed by atoms with Crippen molar-refractivity contribution < 1.29 is 18.8 Å². The zero-order valence-corrected chi connectivity index (χ0v) is 12.8. The summed E-state index contributed by atoms with van der Waals surface area (Å²) < 4.78 is 16.3. The van der Waals surface area contributed by atoms with Crippen LogP contribution in [0.5, 0.6) is 11.5 Å². The van der Waals surface area contributed by atoms with Gasteiger partial charge in [0.1, 0.15) is 0 Å². The van der Waals surface area contributed by atoms with Gasteiger partial charge in [0, 0.05) is 11.6 Å². The highest BCUT2D eigenvalue weighted by atomic mass is 16.6. The van der Waals surface area contributed by atoms with Crippen molar-refractivity contribution in [2.75, 3.05) is 7.11 Å². The van der Waals surface area contributed by atoms with Crippen LogP contribution >= 0.6 is 0 Å². The fourth-order valence-corrected chi connectivity index (χ4v) is 2.14.